The Labute approximate surface area is 147 Å². The van der Waals surface area contributed by atoms with Crippen LogP contribution >= 0.6 is 15.9 Å². The van der Waals surface area contributed by atoms with Gasteiger partial charge in [-0.3, -0.25) is 4.79 Å². The van der Waals surface area contributed by atoms with E-state index in [0.29, 0.717) is 11.3 Å². The highest BCUT2D eigenvalue weighted by atomic mass is 79.9. The summed E-state index contributed by atoms with van der Waals surface area (Å²) in [6, 6.07) is 17.7. The number of esters is 1. The van der Waals surface area contributed by atoms with Gasteiger partial charge in [0, 0.05) is 10.2 Å². The molecule has 0 unspecified atom stereocenters. The minimum atomic E-state index is -0.842. The minimum Gasteiger partial charge on any atom is -0.451 e. The number of carbonyl (C=O) groups is 2. The Morgan fingerprint density at radius 3 is 2.58 bits per heavy atom. The Hall–Kier alpha value is -2.91. The summed E-state index contributed by atoms with van der Waals surface area (Å²) in [6.07, 6.45) is 1.41. The average molecular weight is 385 g/mol. The molecule has 0 fully saturated rings. The van der Waals surface area contributed by atoms with Crippen molar-refractivity contribution < 1.29 is 14.3 Å². The summed E-state index contributed by atoms with van der Waals surface area (Å²) in [5.41, 5.74) is 1.10. The Balaban J connectivity index is 1.93. The van der Waals surface area contributed by atoms with Gasteiger partial charge < -0.3 is 10.1 Å². The molecule has 0 spiro atoms. The first-order valence-corrected chi connectivity index (χ1v) is 7.77. The molecule has 2 rings (SSSR count). The van der Waals surface area contributed by atoms with Gasteiger partial charge in [0.25, 0.3) is 5.91 Å². The zero-order valence-electron chi connectivity index (χ0n) is 12.5. The zero-order valence-corrected chi connectivity index (χ0v) is 14.1. The summed E-state index contributed by atoms with van der Waals surface area (Å²) >= 11 is 3.29. The topological polar surface area (TPSA) is 79.2 Å². The fraction of sp³-hybridized carbons (Fsp3) is 0.0556. The van der Waals surface area contributed by atoms with Crippen molar-refractivity contribution in [2.75, 3.05) is 11.9 Å². The highest BCUT2D eigenvalue weighted by Gasteiger charge is 2.13. The number of halogens is 1. The second kappa shape index (κ2) is 8.65. The summed E-state index contributed by atoms with van der Waals surface area (Å²) in [7, 11) is 0. The Morgan fingerprint density at radius 2 is 1.92 bits per heavy atom. The molecule has 2 aromatic rings. The van der Waals surface area contributed by atoms with Crippen molar-refractivity contribution >= 4 is 39.6 Å². The average Bonchev–Trinajstić information content (AvgIpc) is 2.58. The first-order valence-electron chi connectivity index (χ1n) is 6.98. The largest absolute Gasteiger partial charge is 0.451 e. The van der Waals surface area contributed by atoms with Crippen LogP contribution in [0.5, 0.6) is 0 Å². The number of nitrogens with zero attached hydrogens (tertiary/aromatic N) is 1. The summed E-state index contributed by atoms with van der Waals surface area (Å²) in [5.74, 6) is -1.33. The predicted molar refractivity (Wildman–Crippen MR) is 93.8 cm³/mol. The normalized spacial score (nSPS) is 10.6. The van der Waals surface area contributed by atoms with Gasteiger partial charge in [-0.15, -0.1) is 0 Å². The summed E-state index contributed by atoms with van der Waals surface area (Å²) < 4.78 is 5.69. The highest BCUT2D eigenvalue weighted by molar-refractivity contribution is 9.10. The molecule has 0 bridgehead atoms. The standard InChI is InChI=1S/C18H13BrN2O3/c19-15-7-4-8-16(10-15)21-17(22)12-24-18(23)14(11-20)9-13-5-2-1-3-6-13/h1-10H,12H2,(H,21,22)/b14-9-. The fourth-order valence-corrected chi connectivity index (χ4v) is 2.22. The molecule has 24 heavy (non-hydrogen) atoms. The highest BCUT2D eigenvalue weighted by Crippen LogP contribution is 2.15. The van der Waals surface area contributed by atoms with Gasteiger partial charge in [-0.25, -0.2) is 4.79 Å². The molecular formula is C18H13BrN2O3. The van der Waals surface area contributed by atoms with E-state index in [0.717, 1.165) is 4.47 Å². The molecule has 0 saturated carbocycles. The fourth-order valence-electron chi connectivity index (χ4n) is 1.82. The second-order valence-electron chi connectivity index (χ2n) is 4.72. The van der Waals surface area contributed by atoms with Gasteiger partial charge in [0.1, 0.15) is 11.6 Å². The maximum Gasteiger partial charge on any atom is 0.349 e. The molecule has 0 atom stereocenters. The van der Waals surface area contributed by atoms with Crippen LogP contribution < -0.4 is 5.32 Å². The molecular weight excluding hydrogens is 372 g/mol. The van der Waals surface area contributed by atoms with E-state index >= 15 is 0 Å². The molecule has 1 N–H and O–H groups in total. The quantitative estimate of drug-likeness (QED) is 0.485. The van der Waals surface area contributed by atoms with Crippen molar-refractivity contribution in [1.29, 1.82) is 5.26 Å². The van der Waals surface area contributed by atoms with Gasteiger partial charge >= 0.3 is 5.97 Å². The SMILES string of the molecule is N#C/C(=C/c1ccccc1)C(=O)OCC(=O)Nc1cccc(Br)c1. The maximum atomic E-state index is 11.9. The zero-order chi connectivity index (χ0) is 17.4. The van der Waals surface area contributed by atoms with Gasteiger partial charge in [-0.2, -0.15) is 5.26 Å². The Kier molecular flexibility index (Phi) is 6.29. The lowest BCUT2D eigenvalue weighted by molar-refractivity contribution is -0.142. The van der Waals surface area contributed by atoms with E-state index in [4.69, 9.17) is 10.00 Å². The molecule has 6 heteroatoms. The lowest BCUT2D eigenvalue weighted by atomic mass is 10.1. The van der Waals surface area contributed by atoms with E-state index in [9.17, 15) is 9.59 Å². The lowest BCUT2D eigenvalue weighted by Crippen LogP contribution is -2.21. The van der Waals surface area contributed by atoms with Crippen LogP contribution in [0.25, 0.3) is 6.08 Å². The maximum absolute atomic E-state index is 11.9. The van der Waals surface area contributed by atoms with Crippen LogP contribution in [-0.2, 0) is 14.3 Å². The predicted octanol–water partition coefficient (Wildman–Crippen LogP) is 3.54. The number of hydrogen-bond donors (Lipinski definition) is 1. The Morgan fingerprint density at radius 1 is 1.17 bits per heavy atom. The number of carbonyl (C=O) groups excluding carboxylic acids is 2. The second-order valence-corrected chi connectivity index (χ2v) is 5.63. The number of anilines is 1. The molecule has 0 aliphatic carbocycles. The van der Waals surface area contributed by atoms with Crippen LogP contribution in [-0.4, -0.2) is 18.5 Å². The molecule has 0 saturated heterocycles. The van der Waals surface area contributed by atoms with Crippen LogP contribution in [0.15, 0.2) is 64.6 Å². The molecule has 5 nitrogen and oxygen atoms in total. The third-order valence-corrected chi connectivity index (χ3v) is 3.39. The lowest BCUT2D eigenvalue weighted by Gasteiger charge is -2.06. The van der Waals surface area contributed by atoms with Crippen LogP contribution in [0.4, 0.5) is 5.69 Å². The van der Waals surface area contributed by atoms with Gasteiger partial charge in [0.05, 0.1) is 0 Å². The van der Waals surface area contributed by atoms with Gasteiger partial charge in [-0.05, 0) is 29.8 Å². The molecule has 0 radical (unpaired) electrons. The number of nitrogens with one attached hydrogen (secondary N) is 1. The van der Waals surface area contributed by atoms with Gasteiger partial charge in [-0.1, -0.05) is 52.3 Å². The number of benzene rings is 2. The smallest absolute Gasteiger partial charge is 0.349 e. The van der Waals surface area contributed by atoms with Crippen molar-refractivity contribution in [1.82, 2.24) is 0 Å². The molecule has 0 aliphatic heterocycles. The van der Waals surface area contributed by atoms with Crippen LogP contribution in [0, 0.1) is 11.3 Å². The van der Waals surface area contributed by atoms with Crippen molar-refractivity contribution in [3.05, 3.63) is 70.2 Å². The van der Waals surface area contributed by atoms with Gasteiger partial charge in [0.15, 0.2) is 6.61 Å². The molecule has 0 aromatic heterocycles. The molecule has 1 amide bonds. The molecule has 120 valence electrons. The van der Waals surface area contributed by atoms with E-state index in [2.05, 4.69) is 21.2 Å². The third-order valence-electron chi connectivity index (χ3n) is 2.89. The minimum absolute atomic E-state index is 0.170. The van der Waals surface area contributed by atoms with Crippen molar-refractivity contribution in [3.63, 3.8) is 0 Å². The van der Waals surface area contributed by atoms with Crippen LogP contribution in [0.1, 0.15) is 5.56 Å². The van der Waals surface area contributed by atoms with Crippen LogP contribution in [0.3, 0.4) is 0 Å². The number of ether oxygens (including phenoxy) is 1. The first kappa shape index (κ1) is 17.4. The van der Waals surface area contributed by atoms with Crippen molar-refractivity contribution in [2.45, 2.75) is 0 Å². The summed E-state index contributed by atoms with van der Waals surface area (Å²) in [6.45, 7) is -0.473. The van der Waals surface area contributed by atoms with Crippen LogP contribution in [0.2, 0.25) is 0 Å². The number of rotatable bonds is 5. The summed E-state index contributed by atoms with van der Waals surface area (Å²) in [4.78, 5) is 23.7. The van der Waals surface area contributed by atoms with E-state index in [-0.39, 0.29) is 5.57 Å². The number of nitriles is 1. The van der Waals surface area contributed by atoms with Crippen molar-refractivity contribution in [2.24, 2.45) is 0 Å². The molecule has 0 aliphatic rings. The van der Waals surface area contributed by atoms with Crippen molar-refractivity contribution in [3.8, 4) is 6.07 Å². The number of hydrogen-bond acceptors (Lipinski definition) is 4. The summed E-state index contributed by atoms with van der Waals surface area (Å²) in [5, 5.41) is 11.7. The Bertz CT molecular complexity index is 811. The van der Waals surface area contributed by atoms with E-state index in [1.807, 2.05) is 12.1 Å². The van der Waals surface area contributed by atoms with E-state index in [1.54, 1.807) is 48.5 Å². The number of amides is 1. The van der Waals surface area contributed by atoms with Gasteiger partial charge in [0.2, 0.25) is 0 Å². The molecule has 2 aromatic carbocycles. The van der Waals surface area contributed by atoms with E-state index < -0.39 is 18.5 Å². The van der Waals surface area contributed by atoms with E-state index in [1.165, 1.54) is 6.08 Å². The molecule has 0 heterocycles. The first-order chi connectivity index (χ1) is 11.6. The monoisotopic (exact) mass is 384 g/mol. The third kappa shape index (κ3) is 5.38.